The number of nitrogens with one attached hydrogen (secondary N) is 2. The van der Waals surface area contributed by atoms with Gasteiger partial charge >= 0.3 is 0 Å². The van der Waals surface area contributed by atoms with Crippen molar-refractivity contribution in [3.63, 3.8) is 0 Å². The van der Waals surface area contributed by atoms with Gasteiger partial charge in [0.25, 0.3) is 5.91 Å². The molecule has 2 N–H and O–H groups in total. The SMILES string of the molecule is COc1ccc(C(NC(=O)CN2CCCc3c(C(=O)NC(C)C)cccc32)c2ccccc2)cc1. The first-order valence-corrected chi connectivity index (χ1v) is 12.1. The minimum absolute atomic E-state index is 0.0631. The summed E-state index contributed by atoms with van der Waals surface area (Å²) in [6, 6.07) is 23.3. The van der Waals surface area contributed by atoms with E-state index in [1.165, 1.54) is 0 Å². The molecule has 0 aromatic heterocycles. The van der Waals surface area contributed by atoms with Crippen LogP contribution < -0.4 is 20.3 Å². The van der Waals surface area contributed by atoms with E-state index >= 15 is 0 Å². The number of fused-ring (bicyclic) bond motifs is 1. The molecule has 3 aromatic rings. The van der Waals surface area contributed by atoms with Crippen molar-refractivity contribution in [3.05, 3.63) is 95.1 Å². The van der Waals surface area contributed by atoms with Crippen molar-refractivity contribution in [2.45, 2.75) is 38.8 Å². The summed E-state index contributed by atoms with van der Waals surface area (Å²) in [5.41, 5.74) is 4.67. The van der Waals surface area contributed by atoms with E-state index in [2.05, 4.69) is 15.5 Å². The van der Waals surface area contributed by atoms with E-state index in [1.807, 2.05) is 86.6 Å². The van der Waals surface area contributed by atoms with E-state index in [0.29, 0.717) is 5.56 Å². The molecule has 0 saturated carbocycles. The van der Waals surface area contributed by atoms with Crippen LogP contribution in [0.15, 0.2) is 72.8 Å². The van der Waals surface area contributed by atoms with Crippen LogP contribution in [-0.2, 0) is 11.2 Å². The molecule has 0 bridgehead atoms. The minimum Gasteiger partial charge on any atom is -0.497 e. The number of benzene rings is 3. The molecule has 0 radical (unpaired) electrons. The summed E-state index contributed by atoms with van der Waals surface area (Å²) in [5.74, 6) is 0.639. The highest BCUT2D eigenvalue weighted by Crippen LogP contribution is 2.30. The molecule has 182 valence electrons. The Morgan fingerprint density at radius 3 is 2.31 bits per heavy atom. The van der Waals surface area contributed by atoms with Crippen LogP contribution in [0.4, 0.5) is 5.69 Å². The first-order chi connectivity index (χ1) is 17.0. The van der Waals surface area contributed by atoms with Gasteiger partial charge in [-0.1, -0.05) is 48.5 Å². The highest BCUT2D eigenvalue weighted by molar-refractivity contribution is 5.97. The van der Waals surface area contributed by atoms with Crippen LogP contribution in [0.3, 0.4) is 0 Å². The summed E-state index contributed by atoms with van der Waals surface area (Å²) in [4.78, 5) is 28.1. The third-order valence-corrected chi connectivity index (χ3v) is 6.23. The van der Waals surface area contributed by atoms with E-state index in [9.17, 15) is 9.59 Å². The van der Waals surface area contributed by atoms with Crippen LogP contribution in [0.2, 0.25) is 0 Å². The van der Waals surface area contributed by atoms with Crippen molar-refractivity contribution >= 4 is 17.5 Å². The molecule has 6 nitrogen and oxygen atoms in total. The number of hydrogen-bond donors (Lipinski definition) is 2. The maximum absolute atomic E-state index is 13.3. The number of nitrogens with zero attached hydrogens (tertiary/aromatic N) is 1. The van der Waals surface area contributed by atoms with E-state index in [0.717, 1.165) is 47.5 Å². The van der Waals surface area contributed by atoms with Gasteiger partial charge in [-0.05, 0) is 67.6 Å². The maximum atomic E-state index is 13.3. The third-order valence-electron chi connectivity index (χ3n) is 6.23. The molecule has 0 saturated heterocycles. The van der Waals surface area contributed by atoms with Crippen LogP contribution in [0.25, 0.3) is 0 Å². The van der Waals surface area contributed by atoms with Gasteiger partial charge in [-0.25, -0.2) is 0 Å². The molecule has 1 aliphatic heterocycles. The highest BCUT2D eigenvalue weighted by Gasteiger charge is 2.25. The number of rotatable bonds is 8. The summed E-state index contributed by atoms with van der Waals surface area (Å²) in [7, 11) is 1.64. The zero-order chi connectivity index (χ0) is 24.8. The van der Waals surface area contributed by atoms with Gasteiger partial charge in [0, 0.05) is 23.8 Å². The molecule has 4 rings (SSSR count). The van der Waals surface area contributed by atoms with Gasteiger partial charge in [-0.2, -0.15) is 0 Å². The van der Waals surface area contributed by atoms with Gasteiger partial charge in [0.15, 0.2) is 0 Å². The number of amides is 2. The minimum atomic E-state index is -0.276. The average molecular weight is 472 g/mol. The number of ether oxygens (including phenoxy) is 1. The molecule has 2 amide bonds. The zero-order valence-corrected chi connectivity index (χ0v) is 20.6. The van der Waals surface area contributed by atoms with Crippen LogP contribution in [0, 0.1) is 0 Å². The van der Waals surface area contributed by atoms with Crippen molar-refractivity contribution in [3.8, 4) is 5.75 Å². The summed E-state index contributed by atoms with van der Waals surface area (Å²) in [5, 5.41) is 6.22. The predicted molar refractivity (Wildman–Crippen MR) is 139 cm³/mol. The number of hydrogen-bond acceptors (Lipinski definition) is 4. The molecular weight excluding hydrogens is 438 g/mol. The van der Waals surface area contributed by atoms with Crippen molar-refractivity contribution in [2.24, 2.45) is 0 Å². The lowest BCUT2D eigenvalue weighted by molar-refractivity contribution is -0.120. The first kappa shape index (κ1) is 24.3. The lowest BCUT2D eigenvalue weighted by Gasteiger charge is -2.32. The molecule has 35 heavy (non-hydrogen) atoms. The van der Waals surface area contributed by atoms with Crippen molar-refractivity contribution in [1.82, 2.24) is 10.6 Å². The van der Waals surface area contributed by atoms with Crippen LogP contribution >= 0.6 is 0 Å². The number of carbonyl (C=O) groups is 2. The van der Waals surface area contributed by atoms with Crippen LogP contribution in [0.1, 0.15) is 53.4 Å². The molecule has 1 atom stereocenters. The predicted octanol–water partition coefficient (Wildman–Crippen LogP) is 4.49. The Balaban J connectivity index is 1.55. The molecule has 1 heterocycles. The smallest absolute Gasteiger partial charge is 0.251 e. The fraction of sp³-hybridized carbons (Fsp3) is 0.310. The van der Waals surface area contributed by atoms with E-state index in [-0.39, 0.29) is 30.4 Å². The molecule has 0 aliphatic carbocycles. The Morgan fingerprint density at radius 2 is 1.63 bits per heavy atom. The Morgan fingerprint density at radius 1 is 0.914 bits per heavy atom. The molecule has 1 unspecified atom stereocenters. The maximum Gasteiger partial charge on any atom is 0.251 e. The molecular formula is C29H33N3O3. The van der Waals surface area contributed by atoms with E-state index in [1.54, 1.807) is 7.11 Å². The number of carbonyl (C=O) groups excluding carboxylic acids is 2. The lowest BCUT2D eigenvalue weighted by atomic mass is 9.95. The topological polar surface area (TPSA) is 70.7 Å². The molecule has 1 aliphatic rings. The molecule has 0 fully saturated rings. The van der Waals surface area contributed by atoms with Gasteiger partial charge in [-0.15, -0.1) is 0 Å². The Kier molecular flexibility index (Phi) is 7.70. The van der Waals surface area contributed by atoms with Crippen LogP contribution in [-0.4, -0.2) is 38.1 Å². The Bertz CT molecular complexity index is 1160. The van der Waals surface area contributed by atoms with Gasteiger partial charge in [0.2, 0.25) is 5.91 Å². The van der Waals surface area contributed by atoms with E-state index in [4.69, 9.17) is 4.74 Å². The largest absolute Gasteiger partial charge is 0.497 e. The second kappa shape index (κ2) is 11.1. The summed E-state index contributed by atoms with van der Waals surface area (Å²) in [6.45, 7) is 4.90. The summed E-state index contributed by atoms with van der Waals surface area (Å²) < 4.78 is 5.29. The van der Waals surface area contributed by atoms with E-state index < -0.39 is 0 Å². The summed E-state index contributed by atoms with van der Waals surface area (Å²) in [6.07, 6.45) is 1.72. The lowest BCUT2D eigenvalue weighted by Crippen LogP contribution is -2.42. The Hall–Kier alpha value is -3.80. The van der Waals surface area contributed by atoms with Gasteiger partial charge in [0.05, 0.1) is 19.7 Å². The van der Waals surface area contributed by atoms with Gasteiger partial charge in [0.1, 0.15) is 5.75 Å². The average Bonchev–Trinajstić information content (AvgIpc) is 2.87. The second-order valence-electron chi connectivity index (χ2n) is 9.14. The normalized spacial score (nSPS) is 13.7. The van der Waals surface area contributed by atoms with Gasteiger partial charge < -0.3 is 20.3 Å². The monoisotopic (exact) mass is 471 g/mol. The molecule has 3 aromatic carbocycles. The third kappa shape index (κ3) is 5.83. The second-order valence-corrected chi connectivity index (χ2v) is 9.14. The van der Waals surface area contributed by atoms with Crippen molar-refractivity contribution < 1.29 is 14.3 Å². The number of anilines is 1. The number of methoxy groups -OCH3 is 1. The van der Waals surface area contributed by atoms with Crippen molar-refractivity contribution in [2.75, 3.05) is 25.1 Å². The Labute approximate surface area is 207 Å². The fourth-order valence-corrected chi connectivity index (χ4v) is 4.60. The molecule has 0 spiro atoms. The molecule has 6 heteroatoms. The standard InChI is InChI=1S/C29H33N3O3/c1-20(2)30-29(34)25-11-7-13-26-24(25)12-8-18-32(26)19-27(33)31-28(21-9-5-4-6-10-21)22-14-16-23(35-3)17-15-22/h4-7,9-11,13-17,20,28H,8,12,18-19H2,1-3H3,(H,30,34)(H,31,33). The fourth-order valence-electron chi connectivity index (χ4n) is 4.60. The van der Waals surface area contributed by atoms with Crippen molar-refractivity contribution in [1.29, 1.82) is 0 Å². The quantitative estimate of drug-likeness (QED) is 0.508. The first-order valence-electron chi connectivity index (χ1n) is 12.1. The highest BCUT2D eigenvalue weighted by atomic mass is 16.5. The van der Waals surface area contributed by atoms with Gasteiger partial charge in [-0.3, -0.25) is 9.59 Å². The zero-order valence-electron chi connectivity index (χ0n) is 20.6. The van der Waals surface area contributed by atoms with Crippen LogP contribution in [0.5, 0.6) is 5.75 Å². The summed E-state index contributed by atoms with van der Waals surface area (Å²) >= 11 is 0.